The van der Waals surface area contributed by atoms with Gasteiger partial charge in [0.15, 0.2) is 5.65 Å². The third-order valence-corrected chi connectivity index (χ3v) is 6.22. The Labute approximate surface area is 199 Å². The van der Waals surface area contributed by atoms with Gasteiger partial charge in [-0.05, 0) is 44.0 Å². The number of ether oxygens (including phenoxy) is 1. The van der Waals surface area contributed by atoms with Crippen molar-refractivity contribution in [3.05, 3.63) is 53.2 Å². The Balaban J connectivity index is 1.67. The summed E-state index contributed by atoms with van der Waals surface area (Å²) in [5.41, 5.74) is 2.32. The average Bonchev–Trinajstić information content (AvgIpc) is 3.42. The maximum Gasteiger partial charge on any atom is 0.422 e. The molecule has 1 atom stereocenters. The molecule has 0 aliphatic carbocycles. The molecule has 5 rings (SSSR count). The van der Waals surface area contributed by atoms with Crippen molar-refractivity contribution >= 4 is 28.7 Å². The first-order chi connectivity index (χ1) is 17.0. The highest BCUT2D eigenvalue weighted by molar-refractivity contribution is 5.88. The Morgan fingerprint density at radius 2 is 2.09 bits per heavy atom. The van der Waals surface area contributed by atoms with Crippen molar-refractivity contribution in [2.24, 2.45) is 0 Å². The zero-order chi connectivity index (χ0) is 24.5. The fourth-order valence-electron chi connectivity index (χ4n) is 4.64. The van der Waals surface area contributed by atoms with Crippen LogP contribution in [0.1, 0.15) is 32.2 Å². The van der Waals surface area contributed by atoms with Gasteiger partial charge in [0.2, 0.25) is 5.91 Å². The van der Waals surface area contributed by atoms with Crippen LogP contribution in [0.15, 0.2) is 47.5 Å². The summed E-state index contributed by atoms with van der Waals surface area (Å²) in [6, 6.07) is 10.6. The molecule has 5 heterocycles. The van der Waals surface area contributed by atoms with Crippen LogP contribution in [0.2, 0.25) is 0 Å². The van der Waals surface area contributed by atoms with E-state index in [-0.39, 0.29) is 25.5 Å². The fraction of sp³-hybridized carbons (Fsp3) is 0.333. The van der Waals surface area contributed by atoms with E-state index in [0.29, 0.717) is 36.2 Å². The highest BCUT2D eigenvalue weighted by atomic mass is 16.5. The minimum atomic E-state index is -0.778. The molecule has 35 heavy (non-hydrogen) atoms. The molecule has 11 heteroatoms. The Morgan fingerprint density at radius 3 is 2.89 bits per heavy atom. The van der Waals surface area contributed by atoms with Crippen molar-refractivity contribution in [2.75, 3.05) is 19.7 Å². The van der Waals surface area contributed by atoms with E-state index >= 15 is 0 Å². The van der Waals surface area contributed by atoms with Crippen LogP contribution < -0.4 is 5.69 Å². The van der Waals surface area contributed by atoms with Crippen LogP contribution in [0.3, 0.4) is 0 Å². The molecule has 0 unspecified atom stereocenters. The van der Waals surface area contributed by atoms with E-state index in [1.54, 1.807) is 34.7 Å². The van der Waals surface area contributed by atoms with Gasteiger partial charge in [-0.3, -0.25) is 9.36 Å². The lowest BCUT2D eigenvalue weighted by atomic mass is 10.1. The van der Waals surface area contributed by atoms with Crippen LogP contribution in [0, 0.1) is 11.3 Å². The topological polar surface area (TPSA) is 128 Å². The molecule has 4 aromatic rings. The van der Waals surface area contributed by atoms with Crippen LogP contribution in [-0.4, -0.2) is 60.3 Å². The molecule has 0 spiro atoms. The number of nitrogens with zero attached hydrogens (tertiary/aromatic N) is 7. The number of carbonyl (C=O) groups is 2. The molecule has 1 fully saturated rings. The average molecular weight is 473 g/mol. The standard InChI is InChI=1S/C24H23N7O4/c1-2-35-24(34)31-20-9-8-18(17-14-26-29-13-4-3-7-19(17)29)27-22(20)30(23(31)33)16-6-5-12-28(15-16)21(32)10-11-25/h3-4,7-9,13-14,16H,2,5-6,10,12,15H2,1H3/t16-/m0/s1. The van der Waals surface area contributed by atoms with Gasteiger partial charge in [0.25, 0.3) is 0 Å². The zero-order valence-corrected chi connectivity index (χ0v) is 19.1. The van der Waals surface area contributed by atoms with Crippen LogP contribution in [0.5, 0.6) is 0 Å². The van der Waals surface area contributed by atoms with E-state index in [4.69, 9.17) is 15.0 Å². The highest BCUT2D eigenvalue weighted by Crippen LogP contribution is 2.28. The van der Waals surface area contributed by atoms with Crippen LogP contribution >= 0.6 is 0 Å². The second-order valence-electron chi connectivity index (χ2n) is 8.29. The van der Waals surface area contributed by atoms with Gasteiger partial charge in [0, 0.05) is 24.8 Å². The lowest BCUT2D eigenvalue weighted by Crippen LogP contribution is -2.43. The largest absolute Gasteiger partial charge is 0.449 e. The van der Waals surface area contributed by atoms with E-state index in [1.807, 2.05) is 30.5 Å². The summed E-state index contributed by atoms with van der Waals surface area (Å²) in [4.78, 5) is 45.0. The molecule has 0 saturated carbocycles. The lowest BCUT2D eigenvalue weighted by molar-refractivity contribution is -0.131. The quantitative estimate of drug-likeness (QED) is 0.446. The summed E-state index contributed by atoms with van der Waals surface area (Å²) >= 11 is 0. The number of pyridine rings is 2. The first kappa shape index (κ1) is 22.3. The monoisotopic (exact) mass is 473 g/mol. The molecule has 1 amide bonds. The summed E-state index contributed by atoms with van der Waals surface area (Å²) in [7, 11) is 0. The van der Waals surface area contributed by atoms with Gasteiger partial charge in [-0.1, -0.05) is 6.07 Å². The number of likely N-dealkylation sites (tertiary alicyclic amines) is 1. The first-order valence-electron chi connectivity index (χ1n) is 11.4. The second kappa shape index (κ2) is 9.06. The van der Waals surface area contributed by atoms with Gasteiger partial charge in [-0.15, -0.1) is 0 Å². The van der Waals surface area contributed by atoms with Crippen molar-refractivity contribution in [3.63, 3.8) is 0 Å². The third kappa shape index (κ3) is 3.82. The smallest absolute Gasteiger partial charge is 0.422 e. The van der Waals surface area contributed by atoms with Crippen LogP contribution in [-0.2, 0) is 9.53 Å². The molecular weight excluding hydrogens is 450 g/mol. The normalized spacial score (nSPS) is 15.9. The van der Waals surface area contributed by atoms with Crippen LogP contribution in [0.4, 0.5) is 4.79 Å². The molecule has 1 aliphatic heterocycles. The molecular formula is C24H23N7O4. The number of fused-ring (bicyclic) bond motifs is 2. The molecule has 4 aromatic heterocycles. The first-order valence-corrected chi connectivity index (χ1v) is 11.4. The summed E-state index contributed by atoms with van der Waals surface area (Å²) in [6.45, 7) is 2.56. The molecule has 178 valence electrons. The van der Waals surface area contributed by atoms with Crippen LogP contribution in [0.25, 0.3) is 27.9 Å². The van der Waals surface area contributed by atoms with E-state index in [9.17, 15) is 14.4 Å². The number of hydrogen-bond acceptors (Lipinski definition) is 7. The number of carbonyl (C=O) groups excluding carboxylic acids is 2. The van der Waals surface area contributed by atoms with Crippen molar-refractivity contribution < 1.29 is 14.3 Å². The Hall–Kier alpha value is -4.46. The number of aromatic nitrogens is 5. The third-order valence-electron chi connectivity index (χ3n) is 6.22. The van der Waals surface area contributed by atoms with Gasteiger partial charge in [-0.25, -0.2) is 19.1 Å². The highest BCUT2D eigenvalue weighted by Gasteiger charge is 2.30. The van der Waals surface area contributed by atoms with E-state index in [2.05, 4.69) is 5.10 Å². The number of imidazole rings is 1. The van der Waals surface area contributed by atoms with Crippen molar-refractivity contribution in [1.82, 2.24) is 28.6 Å². The summed E-state index contributed by atoms with van der Waals surface area (Å²) in [6.07, 6.45) is 3.83. The molecule has 1 saturated heterocycles. The van der Waals surface area contributed by atoms with Gasteiger partial charge in [0.05, 0.1) is 36.1 Å². The molecule has 0 bridgehead atoms. The Kier molecular flexibility index (Phi) is 5.78. The SMILES string of the molecule is CCOC(=O)n1c(=O)n([C@H]2CCCN(C(=O)CC#N)C2)c2nc(-c3cnn4ccccc34)ccc21. The minimum Gasteiger partial charge on any atom is -0.449 e. The van der Waals surface area contributed by atoms with E-state index in [1.165, 1.54) is 4.57 Å². The Bertz CT molecular complexity index is 1540. The summed E-state index contributed by atoms with van der Waals surface area (Å²) in [5.74, 6) is -0.278. The molecule has 0 aromatic carbocycles. The van der Waals surface area contributed by atoms with E-state index < -0.39 is 17.8 Å². The van der Waals surface area contributed by atoms with Gasteiger partial charge in [-0.2, -0.15) is 14.9 Å². The number of rotatable bonds is 4. The number of nitriles is 1. The van der Waals surface area contributed by atoms with Gasteiger partial charge < -0.3 is 9.64 Å². The zero-order valence-electron chi connectivity index (χ0n) is 19.1. The van der Waals surface area contributed by atoms with Gasteiger partial charge in [0.1, 0.15) is 11.9 Å². The molecule has 11 nitrogen and oxygen atoms in total. The maximum absolute atomic E-state index is 13.5. The van der Waals surface area contributed by atoms with E-state index in [0.717, 1.165) is 15.6 Å². The predicted molar refractivity (Wildman–Crippen MR) is 126 cm³/mol. The summed E-state index contributed by atoms with van der Waals surface area (Å²) < 4.78 is 9.34. The van der Waals surface area contributed by atoms with Crippen molar-refractivity contribution in [1.29, 1.82) is 5.26 Å². The second-order valence-corrected chi connectivity index (χ2v) is 8.29. The lowest BCUT2D eigenvalue weighted by Gasteiger charge is -2.32. The maximum atomic E-state index is 13.5. The summed E-state index contributed by atoms with van der Waals surface area (Å²) in [5, 5.41) is 13.3. The molecule has 0 radical (unpaired) electrons. The molecule has 1 aliphatic rings. The number of piperidine rings is 1. The number of hydrogen-bond donors (Lipinski definition) is 0. The van der Waals surface area contributed by atoms with Crippen molar-refractivity contribution in [3.8, 4) is 17.3 Å². The van der Waals surface area contributed by atoms with Gasteiger partial charge >= 0.3 is 11.8 Å². The van der Waals surface area contributed by atoms with Crippen molar-refractivity contribution in [2.45, 2.75) is 32.2 Å². The Morgan fingerprint density at radius 1 is 1.23 bits per heavy atom. The predicted octanol–water partition coefficient (Wildman–Crippen LogP) is 2.59. The fourth-order valence-corrected chi connectivity index (χ4v) is 4.64. The molecule has 0 N–H and O–H groups in total. The minimum absolute atomic E-state index is 0.117. The number of amides is 1.